The molecule has 0 atom stereocenters. The van der Waals surface area contributed by atoms with Crippen molar-refractivity contribution in [2.24, 2.45) is 5.92 Å². The van der Waals surface area contributed by atoms with E-state index in [1.54, 1.807) is 18.2 Å². The Morgan fingerprint density at radius 1 is 1.03 bits per heavy atom. The molecule has 1 amide bonds. The number of methoxy groups -OCH3 is 3. The molecule has 8 nitrogen and oxygen atoms in total. The Bertz CT molecular complexity index is 1130. The van der Waals surface area contributed by atoms with Crippen LogP contribution in [-0.4, -0.2) is 37.0 Å². The standard InChI is InChI=1S/C23H27N3O5/c1-14(2)13-26-23(28)17-9-7-6-8-16(17)18(25-26)12-21(27)24-15-10-19(29-3)22(31-5)20(11-15)30-4/h6-11,14H,12-13H2,1-5H3,(H,24,27). The number of nitrogens with zero attached hydrogens (tertiary/aromatic N) is 2. The lowest BCUT2D eigenvalue weighted by Gasteiger charge is -2.15. The van der Waals surface area contributed by atoms with Crippen LogP contribution in [0.2, 0.25) is 0 Å². The van der Waals surface area contributed by atoms with Crippen molar-refractivity contribution in [2.45, 2.75) is 26.8 Å². The van der Waals surface area contributed by atoms with Crippen molar-refractivity contribution in [3.63, 3.8) is 0 Å². The average molecular weight is 425 g/mol. The molecule has 1 N–H and O–H groups in total. The van der Waals surface area contributed by atoms with Crippen LogP contribution in [0.25, 0.3) is 10.8 Å². The lowest BCUT2D eigenvalue weighted by atomic mass is 10.1. The molecular formula is C23H27N3O5. The van der Waals surface area contributed by atoms with Gasteiger partial charge in [0.2, 0.25) is 11.7 Å². The number of rotatable bonds is 8. The number of carbonyl (C=O) groups excluding carboxylic acids is 1. The van der Waals surface area contributed by atoms with E-state index in [4.69, 9.17) is 14.2 Å². The summed E-state index contributed by atoms with van der Waals surface area (Å²) in [5, 5.41) is 8.56. The quantitative estimate of drug-likeness (QED) is 0.596. The van der Waals surface area contributed by atoms with Gasteiger partial charge in [-0.1, -0.05) is 32.0 Å². The molecule has 0 radical (unpaired) electrons. The van der Waals surface area contributed by atoms with Gasteiger partial charge in [-0.05, 0) is 12.0 Å². The molecule has 8 heteroatoms. The Morgan fingerprint density at radius 2 is 1.65 bits per heavy atom. The number of anilines is 1. The van der Waals surface area contributed by atoms with Crippen molar-refractivity contribution in [2.75, 3.05) is 26.6 Å². The van der Waals surface area contributed by atoms with Crippen molar-refractivity contribution in [3.8, 4) is 17.2 Å². The third-order valence-corrected chi connectivity index (χ3v) is 4.76. The van der Waals surface area contributed by atoms with E-state index in [2.05, 4.69) is 10.4 Å². The molecule has 0 spiro atoms. The number of nitrogens with one attached hydrogen (secondary N) is 1. The monoisotopic (exact) mass is 425 g/mol. The number of fused-ring (bicyclic) bond motifs is 1. The minimum atomic E-state index is -0.276. The van der Waals surface area contributed by atoms with Crippen LogP contribution in [0.1, 0.15) is 19.5 Å². The molecule has 164 valence electrons. The third kappa shape index (κ3) is 4.79. The zero-order valence-corrected chi connectivity index (χ0v) is 18.4. The molecular weight excluding hydrogens is 398 g/mol. The van der Waals surface area contributed by atoms with Crippen LogP contribution in [0, 0.1) is 5.92 Å². The van der Waals surface area contributed by atoms with Crippen LogP contribution in [-0.2, 0) is 17.8 Å². The van der Waals surface area contributed by atoms with Crippen LogP contribution < -0.4 is 25.1 Å². The van der Waals surface area contributed by atoms with Crippen molar-refractivity contribution in [1.82, 2.24) is 9.78 Å². The number of ether oxygens (including phenoxy) is 3. The summed E-state index contributed by atoms with van der Waals surface area (Å²) in [4.78, 5) is 25.6. The van der Waals surface area contributed by atoms with E-state index in [1.807, 2.05) is 32.0 Å². The molecule has 0 saturated carbocycles. The SMILES string of the molecule is COc1cc(NC(=O)Cc2nn(CC(C)C)c(=O)c3ccccc23)cc(OC)c1OC. The number of benzene rings is 2. The number of hydrogen-bond donors (Lipinski definition) is 1. The van der Waals surface area contributed by atoms with Gasteiger partial charge in [-0.2, -0.15) is 5.10 Å². The van der Waals surface area contributed by atoms with Crippen molar-refractivity contribution < 1.29 is 19.0 Å². The Hall–Kier alpha value is -3.55. The van der Waals surface area contributed by atoms with Gasteiger partial charge in [0.1, 0.15) is 0 Å². The van der Waals surface area contributed by atoms with Crippen molar-refractivity contribution >= 4 is 22.4 Å². The minimum absolute atomic E-state index is 0.00947. The van der Waals surface area contributed by atoms with Gasteiger partial charge in [-0.15, -0.1) is 0 Å². The van der Waals surface area contributed by atoms with Gasteiger partial charge in [0, 0.05) is 29.8 Å². The normalized spacial score (nSPS) is 10.9. The van der Waals surface area contributed by atoms with E-state index >= 15 is 0 Å². The number of hydrogen-bond acceptors (Lipinski definition) is 6. The van der Waals surface area contributed by atoms with E-state index in [-0.39, 0.29) is 23.8 Å². The van der Waals surface area contributed by atoms with E-state index in [0.29, 0.717) is 45.9 Å². The fourth-order valence-electron chi connectivity index (χ4n) is 3.42. The largest absolute Gasteiger partial charge is 0.493 e. The first-order valence-corrected chi connectivity index (χ1v) is 9.96. The molecule has 0 saturated heterocycles. The number of amides is 1. The molecule has 2 aromatic carbocycles. The Balaban J connectivity index is 1.94. The molecule has 0 unspecified atom stereocenters. The van der Waals surface area contributed by atoms with Gasteiger partial charge in [0.25, 0.3) is 5.56 Å². The molecule has 0 aliphatic carbocycles. The van der Waals surface area contributed by atoms with Gasteiger partial charge in [-0.25, -0.2) is 4.68 Å². The zero-order chi connectivity index (χ0) is 22.5. The van der Waals surface area contributed by atoms with Gasteiger partial charge in [0.15, 0.2) is 11.5 Å². The van der Waals surface area contributed by atoms with Crippen LogP contribution in [0.5, 0.6) is 17.2 Å². The van der Waals surface area contributed by atoms with Crippen molar-refractivity contribution in [1.29, 1.82) is 0 Å². The molecule has 3 aromatic rings. The molecule has 0 aliphatic rings. The number of aromatic nitrogens is 2. The smallest absolute Gasteiger partial charge is 0.274 e. The summed E-state index contributed by atoms with van der Waals surface area (Å²) < 4.78 is 17.4. The van der Waals surface area contributed by atoms with Gasteiger partial charge < -0.3 is 19.5 Å². The van der Waals surface area contributed by atoms with Crippen LogP contribution in [0.15, 0.2) is 41.2 Å². The van der Waals surface area contributed by atoms with Gasteiger partial charge in [0.05, 0.1) is 38.8 Å². The molecule has 1 heterocycles. The predicted molar refractivity (Wildman–Crippen MR) is 119 cm³/mol. The Labute approximate surface area is 180 Å². The van der Waals surface area contributed by atoms with Crippen LogP contribution >= 0.6 is 0 Å². The molecule has 0 fully saturated rings. The second-order valence-corrected chi connectivity index (χ2v) is 7.51. The minimum Gasteiger partial charge on any atom is -0.493 e. The molecule has 1 aromatic heterocycles. The highest BCUT2D eigenvalue weighted by Crippen LogP contribution is 2.39. The highest BCUT2D eigenvalue weighted by atomic mass is 16.5. The Morgan fingerprint density at radius 3 is 2.19 bits per heavy atom. The van der Waals surface area contributed by atoms with Gasteiger partial charge in [-0.3, -0.25) is 9.59 Å². The first-order chi connectivity index (χ1) is 14.9. The highest BCUT2D eigenvalue weighted by Gasteiger charge is 2.17. The fraction of sp³-hybridized carbons (Fsp3) is 0.348. The van der Waals surface area contributed by atoms with E-state index in [1.165, 1.54) is 26.0 Å². The maximum Gasteiger partial charge on any atom is 0.274 e. The maximum absolute atomic E-state index is 12.8. The van der Waals surface area contributed by atoms with E-state index < -0.39 is 0 Å². The lowest BCUT2D eigenvalue weighted by molar-refractivity contribution is -0.115. The summed E-state index contributed by atoms with van der Waals surface area (Å²) in [6, 6.07) is 10.5. The third-order valence-electron chi connectivity index (χ3n) is 4.76. The summed E-state index contributed by atoms with van der Waals surface area (Å²) in [5.41, 5.74) is 0.887. The lowest BCUT2D eigenvalue weighted by Crippen LogP contribution is -2.28. The summed E-state index contributed by atoms with van der Waals surface area (Å²) in [6.07, 6.45) is 0.00947. The Kier molecular flexibility index (Phi) is 6.79. The number of carbonyl (C=O) groups is 1. The summed E-state index contributed by atoms with van der Waals surface area (Å²) in [7, 11) is 4.54. The second-order valence-electron chi connectivity index (χ2n) is 7.51. The summed E-state index contributed by atoms with van der Waals surface area (Å²) in [5.74, 6) is 1.28. The van der Waals surface area contributed by atoms with Crippen LogP contribution in [0.3, 0.4) is 0 Å². The van der Waals surface area contributed by atoms with Crippen LogP contribution in [0.4, 0.5) is 5.69 Å². The second kappa shape index (κ2) is 9.51. The van der Waals surface area contributed by atoms with E-state index in [9.17, 15) is 9.59 Å². The van der Waals surface area contributed by atoms with E-state index in [0.717, 1.165) is 0 Å². The average Bonchev–Trinajstić information content (AvgIpc) is 2.75. The summed E-state index contributed by atoms with van der Waals surface area (Å²) >= 11 is 0. The van der Waals surface area contributed by atoms with Crippen molar-refractivity contribution in [3.05, 3.63) is 52.4 Å². The maximum atomic E-state index is 12.8. The molecule has 3 rings (SSSR count). The topological polar surface area (TPSA) is 91.7 Å². The van der Waals surface area contributed by atoms with Gasteiger partial charge >= 0.3 is 0 Å². The fourth-order valence-corrected chi connectivity index (χ4v) is 3.42. The first-order valence-electron chi connectivity index (χ1n) is 9.96. The molecule has 0 bridgehead atoms. The highest BCUT2D eigenvalue weighted by molar-refractivity contribution is 5.95. The summed E-state index contributed by atoms with van der Waals surface area (Å²) in [6.45, 7) is 4.51. The molecule has 0 aliphatic heterocycles. The predicted octanol–water partition coefficient (Wildman–Crippen LogP) is 3.26. The zero-order valence-electron chi connectivity index (χ0n) is 18.4. The molecule has 31 heavy (non-hydrogen) atoms. The first kappa shape index (κ1) is 22.1.